The SMILES string of the molecule is FC12CC3CC(C1)CC(F)(C3)C2. The van der Waals surface area contributed by atoms with E-state index in [1.807, 2.05) is 0 Å². The highest BCUT2D eigenvalue weighted by atomic mass is 19.2. The summed E-state index contributed by atoms with van der Waals surface area (Å²) in [4.78, 5) is 0. The van der Waals surface area contributed by atoms with Gasteiger partial charge in [-0.3, -0.25) is 0 Å². The molecule has 0 saturated heterocycles. The molecule has 4 rings (SSSR count). The molecule has 0 unspecified atom stereocenters. The largest absolute Gasteiger partial charge is 0.244 e. The quantitative estimate of drug-likeness (QED) is 0.527. The van der Waals surface area contributed by atoms with Crippen molar-refractivity contribution in [1.29, 1.82) is 0 Å². The van der Waals surface area contributed by atoms with Gasteiger partial charge < -0.3 is 0 Å². The van der Waals surface area contributed by atoms with Gasteiger partial charge in [0, 0.05) is 6.42 Å². The third-order valence-electron chi connectivity index (χ3n) is 3.92. The first-order chi connectivity index (χ1) is 5.57. The average molecular weight is 172 g/mol. The van der Waals surface area contributed by atoms with E-state index in [-0.39, 0.29) is 6.42 Å². The van der Waals surface area contributed by atoms with Gasteiger partial charge in [-0.05, 0) is 43.9 Å². The second kappa shape index (κ2) is 1.85. The van der Waals surface area contributed by atoms with Crippen LogP contribution in [0.5, 0.6) is 0 Å². The molecule has 68 valence electrons. The van der Waals surface area contributed by atoms with Gasteiger partial charge in [0.05, 0.1) is 0 Å². The molecular formula is C10H14F2. The van der Waals surface area contributed by atoms with Crippen LogP contribution in [0.1, 0.15) is 38.5 Å². The topological polar surface area (TPSA) is 0 Å². The van der Waals surface area contributed by atoms with Crippen molar-refractivity contribution in [3.63, 3.8) is 0 Å². The van der Waals surface area contributed by atoms with Gasteiger partial charge in [0.15, 0.2) is 0 Å². The number of hydrogen-bond donors (Lipinski definition) is 0. The first-order valence-corrected chi connectivity index (χ1v) is 4.95. The molecular weight excluding hydrogens is 158 g/mol. The van der Waals surface area contributed by atoms with Gasteiger partial charge in [0.2, 0.25) is 0 Å². The van der Waals surface area contributed by atoms with Crippen molar-refractivity contribution in [1.82, 2.24) is 0 Å². The Labute approximate surface area is 71.3 Å². The number of halogens is 2. The third-order valence-corrected chi connectivity index (χ3v) is 3.92. The molecule has 4 aliphatic carbocycles. The van der Waals surface area contributed by atoms with Crippen molar-refractivity contribution in [2.24, 2.45) is 11.8 Å². The van der Waals surface area contributed by atoms with Crippen molar-refractivity contribution in [3.8, 4) is 0 Å². The third kappa shape index (κ3) is 0.868. The summed E-state index contributed by atoms with van der Waals surface area (Å²) in [5, 5.41) is 0. The minimum Gasteiger partial charge on any atom is -0.244 e. The molecule has 12 heavy (non-hydrogen) atoms. The summed E-state index contributed by atoms with van der Waals surface area (Å²) in [6, 6.07) is 0. The van der Waals surface area contributed by atoms with Crippen molar-refractivity contribution in [2.75, 3.05) is 0 Å². The zero-order valence-electron chi connectivity index (χ0n) is 7.15. The maximum Gasteiger partial charge on any atom is 0.114 e. The van der Waals surface area contributed by atoms with E-state index in [1.54, 1.807) is 0 Å². The van der Waals surface area contributed by atoms with Crippen LogP contribution in [0, 0.1) is 11.8 Å². The Morgan fingerprint density at radius 2 is 1.25 bits per heavy atom. The van der Waals surface area contributed by atoms with Crippen molar-refractivity contribution >= 4 is 0 Å². The summed E-state index contributed by atoms with van der Waals surface area (Å²) >= 11 is 0. The molecule has 4 aliphatic rings. The van der Waals surface area contributed by atoms with Gasteiger partial charge in [-0.15, -0.1) is 0 Å². The van der Waals surface area contributed by atoms with Crippen LogP contribution in [0.15, 0.2) is 0 Å². The van der Waals surface area contributed by atoms with E-state index in [0.717, 1.165) is 6.42 Å². The standard InChI is InChI=1S/C10H14F2/c11-9-2-7-1-8(4-9)5-10(12,3-7)6-9/h7-8H,1-6H2. The molecule has 0 heterocycles. The fraction of sp³-hybridized carbons (Fsp3) is 1.00. The van der Waals surface area contributed by atoms with Crippen molar-refractivity contribution < 1.29 is 8.78 Å². The summed E-state index contributed by atoms with van der Waals surface area (Å²) in [6.07, 6.45) is 3.89. The van der Waals surface area contributed by atoms with E-state index in [0.29, 0.717) is 37.5 Å². The van der Waals surface area contributed by atoms with Gasteiger partial charge in [-0.25, -0.2) is 8.78 Å². The molecule has 0 nitrogen and oxygen atoms in total. The van der Waals surface area contributed by atoms with E-state index in [4.69, 9.17) is 0 Å². The molecule has 4 bridgehead atoms. The van der Waals surface area contributed by atoms with Gasteiger partial charge in [-0.2, -0.15) is 0 Å². The van der Waals surface area contributed by atoms with Crippen LogP contribution < -0.4 is 0 Å². The van der Waals surface area contributed by atoms with Crippen LogP contribution >= 0.6 is 0 Å². The Morgan fingerprint density at radius 1 is 0.833 bits per heavy atom. The Morgan fingerprint density at radius 3 is 1.58 bits per heavy atom. The molecule has 0 N–H and O–H groups in total. The predicted molar refractivity (Wildman–Crippen MR) is 42.4 cm³/mol. The van der Waals surface area contributed by atoms with E-state index in [1.165, 1.54) is 0 Å². The lowest BCUT2D eigenvalue weighted by Gasteiger charge is -2.55. The highest BCUT2D eigenvalue weighted by molar-refractivity contribution is 5.09. The lowest BCUT2D eigenvalue weighted by molar-refractivity contribution is -0.133. The highest BCUT2D eigenvalue weighted by Gasteiger charge is 2.58. The summed E-state index contributed by atoms with van der Waals surface area (Å²) in [6.45, 7) is 0. The molecule has 0 atom stereocenters. The molecule has 0 spiro atoms. The molecule has 0 amide bonds. The Bertz CT molecular complexity index is 190. The number of hydrogen-bond acceptors (Lipinski definition) is 0. The van der Waals surface area contributed by atoms with Crippen LogP contribution in [0.4, 0.5) is 8.78 Å². The van der Waals surface area contributed by atoms with Crippen LogP contribution in [-0.4, -0.2) is 11.3 Å². The number of rotatable bonds is 0. The smallest absolute Gasteiger partial charge is 0.114 e. The lowest BCUT2D eigenvalue weighted by atomic mass is 9.54. The average Bonchev–Trinajstić information content (AvgIpc) is 1.75. The Hall–Kier alpha value is -0.140. The van der Waals surface area contributed by atoms with Crippen LogP contribution in [0.25, 0.3) is 0 Å². The fourth-order valence-corrected chi connectivity index (χ4v) is 4.04. The minimum absolute atomic E-state index is 0.201. The monoisotopic (exact) mass is 172 g/mol. The zero-order chi connectivity index (χ0) is 8.40. The molecule has 4 saturated carbocycles. The highest BCUT2D eigenvalue weighted by Crippen LogP contribution is 2.60. The van der Waals surface area contributed by atoms with Gasteiger partial charge >= 0.3 is 0 Å². The first kappa shape index (κ1) is 7.28. The molecule has 0 aromatic carbocycles. The molecule has 0 aromatic heterocycles. The summed E-state index contributed by atoms with van der Waals surface area (Å²) in [5.41, 5.74) is -2.22. The first-order valence-electron chi connectivity index (χ1n) is 4.95. The summed E-state index contributed by atoms with van der Waals surface area (Å²) in [7, 11) is 0. The lowest BCUT2D eigenvalue weighted by Crippen LogP contribution is -2.55. The predicted octanol–water partition coefficient (Wildman–Crippen LogP) is 3.02. The summed E-state index contributed by atoms with van der Waals surface area (Å²) < 4.78 is 27.8. The van der Waals surface area contributed by atoms with Crippen LogP contribution in [0.2, 0.25) is 0 Å². The van der Waals surface area contributed by atoms with Crippen LogP contribution in [0.3, 0.4) is 0 Å². The van der Waals surface area contributed by atoms with Gasteiger partial charge in [0.1, 0.15) is 11.3 Å². The maximum atomic E-state index is 13.9. The molecule has 0 aliphatic heterocycles. The van der Waals surface area contributed by atoms with Crippen molar-refractivity contribution in [3.05, 3.63) is 0 Å². The fourth-order valence-electron chi connectivity index (χ4n) is 4.04. The van der Waals surface area contributed by atoms with E-state index in [2.05, 4.69) is 0 Å². The number of alkyl halides is 2. The maximum absolute atomic E-state index is 13.9. The van der Waals surface area contributed by atoms with Gasteiger partial charge in [-0.1, -0.05) is 0 Å². The van der Waals surface area contributed by atoms with Crippen molar-refractivity contribution in [2.45, 2.75) is 49.9 Å². The second-order valence-corrected chi connectivity index (χ2v) is 5.26. The Balaban J connectivity index is 1.98. The normalized spacial score (nSPS) is 62.5. The zero-order valence-corrected chi connectivity index (χ0v) is 7.15. The summed E-state index contributed by atoms with van der Waals surface area (Å²) in [5.74, 6) is 0.725. The van der Waals surface area contributed by atoms with E-state index in [9.17, 15) is 8.78 Å². The Kier molecular flexibility index (Phi) is 1.13. The minimum atomic E-state index is -1.11. The van der Waals surface area contributed by atoms with Gasteiger partial charge in [0.25, 0.3) is 0 Å². The second-order valence-electron chi connectivity index (χ2n) is 5.26. The van der Waals surface area contributed by atoms with E-state index >= 15 is 0 Å². The molecule has 0 aromatic rings. The molecule has 4 fully saturated rings. The molecule has 2 heteroatoms. The van der Waals surface area contributed by atoms with E-state index < -0.39 is 11.3 Å². The molecule has 0 radical (unpaired) electrons. The van der Waals surface area contributed by atoms with Crippen LogP contribution in [-0.2, 0) is 0 Å².